The van der Waals surface area contributed by atoms with Gasteiger partial charge in [0.25, 0.3) is 0 Å². The van der Waals surface area contributed by atoms with E-state index < -0.39 is 0 Å². The molecular weight excluding hydrogens is 228 g/mol. The Morgan fingerprint density at radius 1 is 1.28 bits per heavy atom. The lowest BCUT2D eigenvalue weighted by atomic mass is 10.2. The lowest BCUT2D eigenvalue weighted by Gasteiger charge is -2.09. The zero-order valence-electron chi connectivity index (χ0n) is 11.0. The SMILES string of the molecule is CCOC(/C=C/C(=O)OCc1ccccc1)CC. The molecule has 1 rings (SSSR count). The molecule has 0 saturated carbocycles. The Labute approximate surface area is 108 Å². The summed E-state index contributed by atoms with van der Waals surface area (Å²) >= 11 is 0. The predicted molar refractivity (Wildman–Crippen MR) is 71.1 cm³/mol. The second-order valence-electron chi connectivity index (χ2n) is 3.85. The van der Waals surface area contributed by atoms with Crippen LogP contribution in [0.5, 0.6) is 0 Å². The molecule has 0 heterocycles. The lowest BCUT2D eigenvalue weighted by Crippen LogP contribution is -2.09. The number of carbonyl (C=O) groups is 1. The van der Waals surface area contributed by atoms with E-state index in [1.165, 1.54) is 6.08 Å². The Balaban J connectivity index is 2.35. The second kappa shape index (κ2) is 8.48. The maximum atomic E-state index is 11.5. The highest BCUT2D eigenvalue weighted by molar-refractivity contribution is 5.81. The van der Waals surface area contributed by atoms with Crippen molar-refractivity contribution < 1.29 is 14.3 Å². The van der Waals surface area contributed by atoms with Gasteiger partial charge in [0.05, 0.1) is 6.10 Å². The van der Waals surface area contributed by atoms with Gasteiger partial charge in [0, 0.05) is 12.7 Å². The van der Waals surface area contributed by atoms with Gasteiger partial charge in [0.1, 0.15) is 6.61 Å². The number of hydrogen-bond acceptors (Lipinski definition) is 3. The van der Waals surface area contributed by atoms with Crippen molar-refractivity contribution in [1.29, 1.82) is 0 Å². The molecule has 0 aliphatic rings. The molecule has 0 aliphatic carbocycles. The first kappa shape index (κ1) is 14.5. The Hall–Kier alpha value is -1.61. The third kappa shape index (κ3) is 5.64. The van der Waals surface area contributed by atoms with Crippen LogP contribution in [0.4, 0.5) is 0 Å². The highest BCUT2D eigenvalue weighted by Crippen LogP contribution is 2.03. The van der Waals surface area contributed by atoms with Crippen LogP contribution < -0.4 is 0 Å². The monoisotopic (exact) mass is 248 g/mol. The van der Waals surface area contributed by atoms with Gasteiger partial charge in [-0.2, -0.15) is 0 Å². The zero-order chi connectivity index (χ0) is 13.2. The van der Waals surface area contributed by atoms with Gasteiger partial charge in [-0.3, -0.25) is 0 Å². The average molecular weight is 248 g/mol. The number of esters is 1. The molecule has 1 unspecified atom stereocenters. The Morgan fingerprint density at radius 2 is 2.00 bits per heavy atom. The van der Waals surface area contributed by atoms with E-state index in [4.69, 9.17) is 9.47 Å². The van der Waals surface area contributed by atoms with Crippen LogP contribution in [-0.2, 0) is 20.9 Å². The van der Waals surface area contributed by atoms with Crippen molar-refractivity contribution in [1.82, 2.24) is 0 Å². The van der Waals surface area contributed by atoms with Crippen LogP contribution in [-0.4, -0.2) is 18.7 Å². The molecule has 0 spiro atoms. The molecule has 0 N–H and O–H groups in total. The summed E-state index contributed by atoms with van der Waals surface area (Å²) in [5.41, 5.74) is 0.982. The first-order valence-electron chi connectivity index (χ1n) is 6.26. The van der Waals surface area contributed by atoms with Crippen LogP contribution in [0.25, 0.3) is 0 Å². The van der Waals surface area contributed by atoms with Gasteiger partial charge >= 0.3 is 5.97 Å². The van der Waals surface area contributed by atoms with Crippen molar-refractivity contribution in [2.75, 3.05) is 6.61 Å². The Bertz CT molecular complexity index is 371. The maximum Gasteiger partial charge on any atom is 0.330 e. The van der Waals surface area contributed by atoms with Gasteiger partial charge in [-0.1, -0.05) is 37.3 Å². The van der Waals surface area contributed by atoms with Crippen LogP contribution in [0.3, 0.4) is 0 Å². The molecular formula is C15H20O3. The largest absolute Gasteiger partial charge is 0.458 e. The van der Waals surface area contributed by atoms with E-state index in [0.717, 1.165) is 12.0 Å². The van der Waals surface area contributed by atoms with E-state index in [0.29, 0.717) is 13.2 Å². The van der Waals surface area contributed by atoms with Crippen molar-refractivity contribution in [2.45, 2.75) is 33.0 Å². The highest BCUT2D eigenvalue weighted by Gasteiger charge is 2.02. The molecule has 18 heavy (non-hydrogen) atoms. The van der Waals surface area contributed by atoms with E-state index >= 15 is 0 Å². The second-order valence-corrected chi connectivity index (χ2v) is 3.85. The minimum atomic E-state index is -0.336. The minimum Gasteiger partial charge on any atom is -0.458 e. The van der Waals surface area contributed by atoms with Crippen molar-refractivity contribution in [3.63, 3.8) is 0 Å². The lowest BCUT2D eigenvalue weighted by molar-refractivity contribution is -0.139. The molecule has 3 nitrogen and oxygen atoms in total. The van der Waals surface area contributed by atoms with Crippen LogP contribution in [0.1, 0.15) is 25.8 Å². The molecule has 0 radical (unpaired) electrons. The van der Waals surface area contributed by atoms with Crippen molar-refractivity contribution in [2.24, 2.45) is 0 Å². The van der Waals surface area contributed by atoms with Gasteiger partial charge in [-0.15, -0.1) is 0 Å². The fourth-order valence-corrected chi connectivity index (χ4v) is 1.49. The van der Waals surface area contributed by atoms with Crippen LogP contribution in [0, 0.1) is 0 Å². The van der Waals surface area contributed by atoms with Crippen LogP contribution in [0.15, 0.2) is 42.5 Å². The van der Waals surface area contributed by atoms with E-state index in [1.54, 1.807) is 6.08 Å². The highest BCUT2D eigenvalue weighted by atomic mass is 16.5. The predicted octanol–water partition coefficient (Wildman–Crippen LogP) is 3.10. The van der Waals surface area contributed by atoms with Crippen LogP contribution in [0.2, 0.25) is 0 Å². The summed E-state index contributed by atoms with van der Waals surface area (Å²) < 4.78 is 10.5. The quantitative estimate of drug-likeness (QED) is 0.549. The van der Waals surface area contributed by atoms with Crippen molar-refractivity contribution >= 4 is 5.97 Å². The third-order valence-electron chi connectivity index (χ3n) is 2.45. The minimum absolute atomic E-state index is 0.0146. The number of carbonyl (C=O) groups excluding carboxylic acids is 1. The molecule has 1 atom stereocenters. The van der Waals surface area contributed by atoms with Gasteiger partial charge in [0.15, 0.2) is 0 Å². The van der Waals surface area contributed by atoms with E-state index in [1.807, 2.05) is 44.2 Å². The molecule has 0 fully saturated rings. The molecule has 98 valence electrons. The maximum absolute atomic E-state index is 11.5. The van der Waals surface area contributed by atoms with Crippen LogP contribution >= 0.6 is 0 Å². The summed E-state index contributed by atoms with van der Waals surface area (Å²) in [6.07, 6.45) is 4.01. The first-order chi connectivity index (χ1) is 8.76. The molecule has 0 saturated heterocycles. The van der Waals surface area contributed by atoms with Gasteiger partial charge in [0.2, 0.25) is 0 Å². The normalized spacial score (nSPS) is 12.6. The molecule has 0 aliphatic heterocycles. The number of ether oxygens (including phenoxy) is 2. The molecule has 0 amide bonds. The molecule has 0 aromatic heterocycles. The van der Waals surface area contributed by atoms with E-state index in [-0.39, 0.29) is 12.1 Å². The smallest absolute Gasteiger partial charge is 0.330 e. The van der Waals surface area contributed by atoms with Gasteiger partial charge in [-0.05, 0) is 25.0 Å². The van der Waals surface area contributed by atoms with Crippen molar-refractivity contribution in [3.05, 3.63) is 48.0 Å². The summed E-state index contributed by atoms with van der Waals surface area (Å²) in [5.74, 6) is -0.336. The van der Waals surface area contributed by atoms with E-state index in [9.17, 15) is 4.79 Å². The average Bonchev–Trinajstić information content (AvgIpc) is 2.42. The Kier molecular flexibility index (Phi) is 6.81. The topological polar surface area (TPSA) is 35.5 Å². The third-order valence-corrected chi connectivity index (χ3v) is 2.45. The molecule has 1 aromatic carbocycles. The first-order valence-corrected chi connectivity index (χ1v) is 6.26. The standard InChI is InChI=1S/C15H20O3/c1-3-14(17-4-2)10-11-15(16)18-12-13-8-6-5-7-9-13/h5-11,14H,3-4,12H2,1-2H3/b11-10+. The van der Waals surface area contributed by atoms with E-state index in [2.05, 4.69) is 0 Å². The number of benzene rings is 1. The summed E-state index contributed by atoms with van der Waals surface area (Å²) in [7, 11) is 0. The summed E-state index contributed by atoms with van der Waals surface area (Å²) in [5, 5.41) is 0. The number of rotatable bonds is 7. The fraction of sp³-hybridized carbons (Fsp3) is 0.400. The molecule has 0 bridgehead atoms. The molecule has 1 aromatic rings. The molecule has 3 heteroatoms. The summed E-state index contributed by atoms with van der Waals surface area (Å²) in [4.78, 5) is 11.5. The van der Waals surface area contributed by atoms with Gasteiger partial charge in [-0.25, -0.2) is 4.79 Å². The van der Waals surface area contributed by atoms with Gasteiger partial charge < -0.3 is 9.47 Å². The number of hydrogen-bond donors (Lipinski definition) is 0. The fourth-order valence-electron chi connectivity index (χ4n) is 1.49. The van der Waals surface area contributed by atoms with Crippen molar-refractivity contribution in [3.8, 4) is 0 Å². The summed E-state index contributed by atoms with van der Waals surface area (Å²) in [6.45, 7) is 4.89. The summed E-state index contributed by atoms with van der Waals surface area (Å²) in [6, 6.07) is 9.61. The zero-order valence-corrected chi connectivity index (χ0v) is 11.0. The Morgan fingerprint density at radius 3 is 2.61 bits per heavy atom.